The molecule has 0 saturated heterocycles. The number of nitrogens with zero attached hydrogens (tertiary/aromatic N) is 1. The van der Waals surface area contributed by atoms with Gasteiger partial charge in [0, 0.05) is 25.8 Å². The van der Waals surface area contributed by atoms with Crippen molar-refractivity contribution >= 4 is 56.9 Å². The summed E-state index contributed by atoms with van der Waals surface area (Å²) < 4.78 is 0.948. The lowest BCUT2D eigenvalue weighted by atomic mass is 10.2. The molecule has 2 aromatic rings. The molecule has 0 heterocycles. The third-order valence-corrected chi connectivity index (χ3v) is 4.06. The first kappa shape index (κ1) is 17.8. The van der Waals surface area contributed by atoms with Crippen LogP contribution in [0.1, 0.15) is 12.0 Å². The normalized spacial score (nSPS) is 10.7. The lowest BCUT2D eigenvalue weighted by molar-refractivity contribution is -0.115. The van der Waals surface area contributed by atoms with Gasteiger partial charge in [0.15, 0.2) is 0 Å². The first-order valence-electron chi connectivity index (χ1n) is 6.68. The van der Waals surface area contributed by atoms with Crippen molar-refractivity contribution < 1.29 is 9.63 Å². The van der Waals surface area contributed by atoms with Gasteiger partial charge < -0.3 is 10.2 Å². The number of benzene rings is 2. The van der Waals surface area contributed by atoms with Gasteiger partial charge in [0.1, 0.15) is 6.61 Å². The molecule has 0 aliphatic carbocycles. The SMILES string of the molecule is O=C(C/C=N/OCc1c(Cl)cccc1Cl)Nc1ccc(Br)cc1. The van der Waals surface area contributed by atoms with Crippen LogP contribution in [0.4, 0.5) is 5.69 Å². The number of hydrogen-bond acceptors (Lipinski definition) is 3. The molecule has 0 saturated carbocycles. The van der Waals surface area contributed by atoms with E-state index in [0.717, 1.165) is 10.2 Å². The van der Waals surface area contributed by atoms with Gasteiger partial charge in [-0.05, 0) is 36.4 Å². The summed E-state index contributed by atoms with van der Waals surface area (Å²) >= 11 is 15.4. The molecule has 0 aliphatic heterocycles. The van der Waals surface area contributed by atoms with E-state index in [1.54, 1.807) is 30.3 Å². The Morgan fingerprint density at radius 2 is 1.83 bits per heavy atom. The third kappa shape index (κ3) is 5.86. The molecule has 0 bridgehead atoms. The second-order valence-corrected chi connectivity index (χ2v) is 6.25. The third-order valence-electron chi connectivity index (χ3n) is 2.82. The van der Waals surface area contributed by atoms with E-state index in [1.807, 2.05) is 12.1 Å². The minimum atomic E-state index is -0.185. The van der Waals surface area contributed by atoms with Crippen molar-refractivity contribution in [2.75, 3.05) is 5.32 Å². The molecule has 0 atom stereocenters. The number of carbonyl (C=O) groups excluding carboxylic acids is 1. The first-order valence-corrected chi connectivity index (χ1v) is 8.23. The number of oxime groups is 1. The second-order valence-electron chi connectivity index (χ2n) is 4.52. The van der Waals surface area contributed by atoms with E-state index in [0.29, 0.717) is 15.6 Å². The van der Waals surface area contributed by atoms with Gasteiger partial charge in [0.05, 0.1) is 12.6 Å². The van der Waals surface area contributed by atoms with Crippen molar-refractivity contribution in [1.29, 1.82) is 0 Å². The molecule has 1 N–H and O–H groups in total. The minimum Gasteiger partial charge on any atom is -0.391 e. The maximum Gasteiger partial charge on any atom is 0.229 e. The molecule has 0 spiro atoms. The molecule has 2 aromatic carbocycles. The molecule has 1 amide bonds. The van der Waals surface area contributed by atoms with Crippen molar-refractivity contribution in [3.63, 3.8) is 0 Å². The van der Waals surface area contributed by atoms with Crippen molar-refractivity contribution in [2.24, 2.45) is 5.16 Å². The zero-order valence-corrected chi connectivity index (χ0v) is 15.0. The molecule has 2 rings (SSSR count). The minimum absolute atomic E-state index is 0.103. The maximum absolute atomic E-state index is 11.7. The Hall–Kier alpha value is -1.56. The van der Waals surface area contributed by atoms with Gasteiger partial charge in [-0.25, -0.2) is 0 Å². The maximum atomic E-state index is 11.7. The number of amides is 1. The van der Waals surface area contributed by atoms with Crippen LogP contribution in [-0.4, -0.2) is 12.1 Å². The van der Waals surface area contributed by atoms with Gasteiger partial charge in [-0.15, -0.1) is 0 Å². The Balaban J connectivity index is 1.76. The topological polar surface area (TPSA) is 50.7 Å². The standard InChI is InChI=1S/C16H13BrCl2N2O2/c17-11-4-6-12(7-5-11)21-16(22)8-9-20-23-10-13-14(18)2-1-3-15(13)19/h1-7,9H,8,10H2,(H,21,22)/b20-9+. The van der Waals surface area contributed by atoms with E-state index in [-0.39, 0.29) is 18.9 Å². The Morgan fingerprint density at radius 3 is 2.48 bits per heavy atom. The van der Waals surface area contributed by atoms with E-state index >= 15 is 0 Å². The molecule has 0 radical (unpaired) electrons. The molecule has 0 fully saturated rings. The van der Waals surface area contributed by atoms with Gasteiger partial charge in [0.25, 0.3) is 0 Å². The Bertz CT molecular complexity index is 685. The molecular weight excluding hydrogens is 403 g/mol. The number of halogens is 3. The summed E-state index contributed by atoms with van der Waals surface area (Å²) in [6.07, 6.45) is 1.49. The van der Waals surface area contributed by atoms with Crippen LogP contribution in [0.25, 0.3) is 0 Å². The zero-order valence-electron chi connectivity index (χ0n) is 11.9. The molecule has 23 heavy (non-hydrogen) atoms. The van der Waals surface area contributed by atoms with Crippen molar-refractivity contribution in [3.05, 3.63) is 62.5 Å². The zero-order chi connectivity index (χ0) is 16.7. The summed E-state index contributed by atoms with van der Waals surface area (Å²) in [5.41, 5.74) is 1.38. The van der Waals surface area contributed by atoms with E-state index < -0.39 is 0 Å². The van der Waals surface area contributed by atoms with Gasteiger partial charge in [-0.2, -0.15) is 0 Å². The summed E-state index contributed by atoms with van der Waals surface area (Å²) in [7, 11) is 0. The van der Waals surface area contributed by atoms with Gasteiger partial charge in [-0.3, -0.25) is 4.79 Å². The molecule has 7 heteroatoms. The smallest absolute Gasteiger partial charge is 0.229 e. The van der Waals surface area contributed by atoms with Crippen LogP contribution in [0.15, 0.2) is 52.1 Å². The van der Waals surface area contributed by atoms with E-state index in [2.05, 4.69) is 26.4 Å². The van der Waals surface area contributed by atoms with Crippen molar-refractivity contribution in [1.82, 2.24) is 0 Å². The van der Waals surface area contributed by atoms with E-state index in [4.69, 9.17) is 28.0 Å². The number of hydrogen-bond donors (Lipinski definition) is 1. The monoisotopic (exact) mass is 414 g/mol. The molecular formula is C16H13BrCl2N2O2. The van der Waals surface area contributed by atoms with Gasteiger partial charge in [0.2, 0.25) is 5.91 Å². The highest BCUT2D eigenvalue weighted by Gasteiger charge is 2.05. The number of nitrogens with one attached hydrogen (secondary N) is 1. The van der Waals surface area contributed by atoms with Crippen LogP contribution in [0.5, 0.6) is 0 Å². The summed E-state index contributed by atoms with van der Waals surface area (Å²) in [6.45, 7) is 0.142. The molecule has 0 aliphatic rings. The van der Waals surface area contributed by atoms with E-state index in [9.17, 15) is 4.79 Å². The molecule has 0 unspecified atom stereocenters. The Labute approximate surface area is 152 Å². The quantitative estimate of drug-likeness (QED) is 0.514. The lowest BCUT2D eigenvalue weighted by Gasteiger charge is -2.05. The van der Waals surface area contributed by atoms with Crippen LogP contribution in [0, 0.1) is 0 Å². The number of carbonyl (C=O) groups is 1. The van der Waals surface area contributed by atoms with Crippen LogP contribution in [-0.2, 0) is 16.2 Å². The highest BCUT2D eigenvalue weighted by atomic mass is 79.9. The number of rotatable bonds is 6. The molecule has 120 valence electrons. The lowest BCUT2D eigenvalue weighted by Crippen LogP contribution is -2.11. The Morgan fingerprint density at radius 1 is 1.17 bits per heavy atom. The van der Waals surface area contributed by atoms with Crippen LogP contribution >= 0.6 is 39.1 Å². The van der Waals surface area contributed by atoms with Crippen molar-refractivity contribution in [2.45, 2.75) is 13.0 Å². The summed E-state index contributed by atoms with van der Waals surface area (Å²) in [5.74, 6) is -0.185. The van der Waals surface area contributed by atoms with Crippen LogP contribution < -0.4 is 5.32 Å². The fraction of sp³-hybridized carbons (Fsp3) is 0.125. The molecule has 4 nitrogen and oxygen atoms in total. The fourth-order valence-electron chi connectivity index (χ4n) is 1.69. The van der Waals surface area contributed by atoms with Crippen LogP contribution in [0.3, 0.4) is 0 Å². The average Bonchev–Trinajstić information content (AvgIpc) is 2.52. The molecule has 0 aromatic heterocycles. The predicted molar refractivity (Wildman–Crippen MR) is 97.1 cm³/mol. The Kier molecular flexibility index (Phi) is 6.89. The van der Waals surface area contributed by atoms with Gasteiger partial charge in [-0.1, -0.05) is 50.4 Å². The fourth-order valence-corrected chi connectivity index (χ4v) is 2.46. The largest absolute Gasteiger partial charge is 0.391 e. The van der Waals surface area contributed by atoms with Crippen LogP contribution in [0.2, 0.25) is 10.0 Å². The van der Waals surface area contributed by atoms with Gasteiger partial charge >= 0.3 is 0 Å². The number of anilines is 1. The average molecular weight is 416 g/mol. The highest BCUT2D eigenvalue weighted by molar-refractivity contribution is 9.10. The van der Waals surface area contributed by atoms with Crippen molar-refractivity contribution in [3.8, 4) is 0 Å². The first-order chi connectivity index (χ1) is 11.1. The summed E-state index contributed by atoms with van der Waals surface area (Å²) in [5, 5.41) is 7.51. The second kappa shape index (κ2) is 8.91. The highest BCUT2D eigenvalue weighted by Crippen LogP contribution is 2.24. The van der Waals surface area contributed by atoms with E-state index in [1.165, 1.54) is 6.21 Å². The summed E-state index contributed by atoms with van der Waals surface area (Å²) in [6, 6.07) is 12.5. The summed E-state index contributed by atoms with van der Waals surface area (Å²) in [4.78, 5) is 16.8. The predicted octanol–water partition coefficient (Wildman–Crippen LogP) is 5.29.